The van der Waals surface area contributed by atoms with Gasteiger partial charge in [-0.2, -0.15) is 0 Å². The lowest BCUT2D eigenvalue weighted by atomic mass is 9.92. The van der Waals surface area contributed by atoms with Crippen LogP contribution >= 0.6 is 0 Å². The van der Waals surface area contributed by atoms with Crippen molar-refractivity contribution in [2.75, 3.05) is 13.2 Å². The standard InChI is InChI=1S/C14H17FN2O2/c15-11-5-1-3-9-7-12(19-14(9)11)13(17-16)10-4-2-6-18-8-10/h1,3,5,7,10,13,17H,2,4,6,8,16H2. The number of hydrazine groups is 1. The van der Waals surface area contributed by atoms with E-state index in [0.29, 0.717) is 12.4 Å². The lowest BCUT2D eigenvalue weighted by molar-refractivity contribution is 0.0358. The van der Waals surface area contributed by atoms with E-state index in [0.717, 1.165) is 24.8 Å². The Bertz CT molecular complexity index is 564. The monoisotopic (exact) mass is 264 g/mol. The average molecular weight is 264 g/mol. The topological polar surface area (TPSA) is 60.4 Å². The second-order valence-electron chi connectivity index (χ2n) is 4.93. The van der Waals surface area contributed by atoms with E-state index in [1.54, 1.807) is 6.07 Å². The molecule has 0 radical (unpaired) electrons. The first kappa shape index (κ1) is 12.6. The third kappa shape index (κ3) is 2.36. The molecule has 2 unspecified atom stereocenters. The Balaban J connectivity index is 1.94. The lowest BCUT2D eigenvalue weighted by Crippen LogP contribution is -2.37. The van der Waals surface area contributed by atoms with Gasteiger partial charge in [0.25, 0.3) is 0 Å². The van der Waals surface area contributed by atoms with Crippen LogP contribution in [0, 0.1) is 11.7 Å². The zero-order valence-electron chi connectivity index (χ0n) is 10.6. The zero-order chi connectivity index (χ0) is 13.2. The van der Waals surface area contributed by atoms with Gasteiger partial charge >= 0.3 is 0 Å². The van der Waals surface area contributed by atoms with Gasteiger partial charge in [-0.25, -0.2) is 9.82 Å². The van der Waals surface area contributed by atoms with Crippen LogP contribution in [-0.4, -0.2) is 13.2 Å². The van der Waals surface area contributed by atoms with Crippen LogP contribution in [0.3, 0.4) is 0 Å². The van der Waals surface area contributed by atoms with Crippen LogP contribution in [0.4, 0.5) is 4.39 Å². The Labute approximate surface area is 110 Å². The van der Waals surface area contributed by atoms with Gasteiger partial charge in [0.2, 0.25) is 0 Å². The third-order valence-corrected chi connectivity index (χ3v) is 3.67. The van der Waals surface area contributed by atoms with Crippen LogP contribution in [0.25, 0.3) is 11.0 Å². The first-order valence-corrected chi connectivity index (χ1v) is 6.51. The van der Waals surface area contributed by atoms with Gasteiger partial charge in [0.05, 0.1) is 12.6 Å². The molecular formula is C14H17FN2O2. The summed E-state index contributed by atoms with van der Waals surface area (Å²) < 4.78 is 24.7. The highest BCUT2D eigenvalue weighted by Crippen LogP contribution is 2.32. The Morgan fingerprint density at radius 1 is 1.42 bits per heavy atom. The third-order valence-electron chi connectivity index (χ3n) is 3.67. The predicted octanol–water partition coefficient (Wildman–Crippen LogP) is 2.50. The molecule has 1 aromatic carbocycles. The minimum atomic E-state index is -0.348. The van der Waals surface area contributed by atoms with Crippen LogP contribution in [0.15, 0.2) is 28.7 Å². The summed E-state index contributed by atoms with van der Waals surface area (Å²) in [5.74, 6) is 6.21. The van der Waals surface area contributed by atoms with Gasteiger partial charge in [0.1, 0.15) is 5.76 Å². The smallest absolute Gasteiger partial charge is 0.169 e. The highest BCUT2D eigenvalue weighted by Gasteiger charge is 2.27. The number of hydrogen-bond donors (Lipinski definition) is 2. The minimum absolute atomic E-state index is 0.146. The molecule has 1 aliphatic heterocycles. The number of nitrogens with one attached hydrogen (secondary N) is 1. The van der Waals surface area contributed by atoms with Gasteiger partial charge < -0.3 is 9.15 Å². The molecule has 4 nitrogen and oxygen atoms in total. The molecule has 0 bridgehead atoms. The molecule has 2 aromatic rings. The Morgan fingerprint density at radius 3 is 3.00 bits per heavy atom. The normalized spacial score (nSPS) is 21.7. The molecule has 1 aromatic heterocycles. The van der Waals surface area contributed by atoms with Gasteiger partial charge in [0, 0.05) is 17.9 Å². The highest BCUT2D eigenvalue weighted by molar-refractivity contribution is 5.78. The van der Waals surface area contributed by atoms with Crippen LogP contribution in [0.5, 0.6) is 0 Å². The van der Waals surface area contributed by atoms with E-state index >= 15 is 0 Å². The number of ether oxygens (including phenoxy) is 1. The maximum atomic E-state index is 13.6. The van der Waals surface area contributed by atoms with E-state index in [1.165, 1.54) is 6.07 Å². The zero-order valence-corrected chi connectivity index (χ0v) is 10.6. The van der Waals surface area contributed by atoms with Crippen molar-refractivity contribution in [1.82, 2.24) is 5.43 Å². The molecule has 1 saturated heterocycles. The molecule has 0 aliphatic carbocycles. The first-order valence-electron chi connectivity index (χ1n) is 6.51. The van der Waals surface area contributed by atoms with Crippen LogP contribution < -0.4 is 11.3 Å². The molecule has 0 spiro atoms. The molecule has 1 aliphatic rings. The van der Waals surface area contributed by atoms with Crippen molar-refractivity contribution >= 4 is 11.0 Å². The van der Waals surface area contributed by atoms with E-state index < -0.39 is 0 Å². The van der Waals surface area contributed by atoms with Crippen LogP contribution in [0.1, 0.15) is 24.6 Å². The number of nitrogens with two attached hydrogens (primary N) is 1. The molecule has 5 heteroatoms. The number of hydrogen-bond acceptors (Lipinski definition) is 4. The van der Waals surface area contributed by atoms with E-state index in [-0.39, 0.29) is 23.4 Å². The molecule has 102 valence electrons. The van der Waals surface area contributed by atoms with E-state index in [2.05, 4.69) is 5.43 Å². The number of para-hydroxylation sites is 1. The van der Waals surface area contributed by atoms with Gasteiger partial charge in [-0.05, 0) is 25.0 Å². The first-order chi connectivity index (χ1) is 9.29. The van der Waals surface area contributed by atoms with Crippen molar-refractivity contribution in [2.45, 2.75) is 18.9 Å². The SMILES string of the molecule is NNC(c1cc2cccc(F)c2o1)C1CCCOC1. The van der Waals surface area contributed by atoms with Gasteiger partial charge in [-0.3, -0.25) is 5.84 Å². The molecule has 2 atom stereocenters. The number of benzene rings is 1. The Morgan fingerprint density at radius 2 is 2.32 bits per heavy atom. The number of rotatable bonds is 3. The van der Waals surface area contributed by atoms with Gasteiger partial charge in [0.15, 0.2) is 11.4 Å². The largest absolute Gasteiger partial charge is 0.456 e. The molecule has 19 heavy (non-hydrogen) atoms. The second-order valence-corrected chi connectivity index (χ2v) is 4.93. The highest BCUT2D eigenvalue weighted by atomic mass is 19.1. The summed E-state index contributed by atoms with van der Waals surface area (Å²) in [6, 6.07) is 6.59. The average Bonchev–Trinajstić information content (AvgIpc) is 2.86. The van der Waals surface area contributed by atoms with Crippen molar-refractivity contribution < 1.29 is 13.5 Å². The molecule has 0 saturated carbocycles. The van der Waals surface area contributed by atoms with E-state index in [9.17, 15) is 4.39 Å². The number of halogens is 1. The maximum Gasteiger partial charge on any atom is 0.169 e. The van der Waals surface area contributed by atoms with Gasteiger partial charge in [-0.15, -0.1) is 0 Å². The summed E-state index contributed by atoms with van der Waals surface area (Å²) in [5.41, 5.74) is 3.06. The fourth-order valence-electron chi connectivity index (χ4n) is 2.68. The summed E-state index contributed by atoms with van der Waals surface area (Å²) in [7, 11) is 0. The van der Waals surface area contributed by atoms with Gasteiger partial charge in [-0.1, -0.05) is 12.1 Å². The molecule has 2 heterocycles. The molecule has 3 N–H and O–H groups in total. The summed E-state index contributed by atoms with van der Waals surface area (Å²) in [5, 5.41) is 0.756. The number of fused-ring (bicyclic) bond motifs is 1. The van der Waals surface area contributed by atoms with Crippen LogP contribution in [0.2, 0.25) is 0 Å². The van der Waals surface area contributed by atoms with Crippen molar-refractivity contribution in [3.05, 3.63) is 35.8 Å². The maximum absolute atomic E-state index is 13.6. The molecular weight excluding hydrogens is 247 g/mol. The van der Waals surface area contributed by atoms with E-state index in [4.69, 9.17) is 15.0 Å². The number of furan rings is 1. The Kier molecular flexibility index (Phi) is 3.50. The fraction of sp³-hybridized carbons (Fsp3) is 0.429. The predicted molar refractivity (Wildman–Crippen MR) is 69.8 cm³/mol. The molecule has 3 rings (SSSR count). The quantitative estimate of drug-likeness (QED) is 0.660. The van der Waals surface area contributed by atoms with Crippen LogP contribution in [-0.2, 0) is 4.74 Å². The van der Waals surface area contributed by atoms with Crippen molar-refractivity contribution in [1.29, 1.82) is 0 Å². The van der Waals surface area contributed by atoms with Crippen molar-refractivity contribution in [3.8, 4) is 0 Å². The fourth-order valence-corrected chi connectivity index (χ4v) is 2.68. The second kappa shape index (κ2) is 5.28. The summed E-state index contributed by atoms with van der Waals surface area (Å²) >= 11 is 0. The van der Waals surface area contributed by atoms with Crippen molar-refractivity contribution in [3.63, 3.8) is 0 Å². The summed E-state index contributed by atoms with van der Waals surface area (Å²) in [4.78, 5) is 0. The van der Waals surface area contributed by atoms with E-state index in [1.807, 2.05) is 12.1 Å². The van der Waals surface area contributed by atoms with Crippen molar-refractivity contribution in [2.24, 2.45) is 11.8 Å². The Hall–Kier alpha value is -1.43. The minimum Gasteiger partial charge on any atom is -0.456 e. The molecule has 0 amide bonds. The summed E-state index contributed by atoms with van der Waals surface area (Å²) in [6.45, 7) is 1.44. The summed E-state index contributed by atoms with van der Waals surface area (Å²) in [6.07, 6.45) is 2.03. The lowest BCUT2D eigenvalue weighted by Gasteiger charge is -2.28. The molecule has 1 fully saturated rings.